The van der Waals surface area contributed by atoms with Crippen LogP contribution in [0.5, 0.6) is 0 Å². The van der Waals surface area contributed by atoms with Crippen molar-refractivity contribution in [1.82, 2.24) is 10.3 Å². The first-order valence-corrected chi connectivity index (χ1v) is 5.65. The smallest absolute Gasteiger partial charge is 0.255 e. The van der Waals surface area contributed by atoms with Crippen LogP contribution in [0.25, 0.3) is 0 Å². The van der Waals surface area contributed by atoms with E-state index in [1.807, 2.05) is 0 Å². The Bertz CT molecular complexity index is 390. The molecule has 1 aromatic rings. The van der Waals surface area contributed by atoms with Crippen LogP contribution in [0.3, 0.4) is 0 Å². The predicted molar refractivity (Wildman–Crippen MR) is 61.4 cm³/mol. The normalized spacial score (nSPS) is 15.0. The number of carbonyl (C=O) groups is 1. The summed E-state index contributed by atoms with van der Waals surface area (Å²) in [7, 11) is 0. The van der Waals surface area contributed by atoms with Gasteiger partial charge in [-0.15, -0.1) is 0 Å². The lowest BCUT2D eigenvalue weighted by Crippen LogP contribution is -2.26. The summed E-state index contributed by atoms with van der Waals surface area (Å²) >= 11 is 3.26. The molecule has 1 heterocycles. The first-order chi connectivity index (χ1) is 7.16. The summed E-state index contributed by atoms with van der Waals surface area (Å²) < 4.78 is 0.758. The number of nitrogens with two attached hydrogens (primary N) is 1. The molecule has 15 heavy (non-hydrogen) atoms. The van der Waals surface area contributed by atoms with Gasteiger partial charge in [0.25, 0.3) is 5.91 Å². The predicted octanol–water partition coefficient (Wildman–Crippen LogP) is 1.57. The third kappa shape index (κ3) is 2.68. The Balaban J connectivity index is 2.05. The summed E-state index contributed by atoms with van der Waals surface area (Å²) in [5, 5.41) is 2.85. The Hall–Kier alpha value is -1.10. The van der Waals surface area contributed by atoms with Crippen LogP contribution in [-0.2, 0) is 0 Å². The minimum absolute atomic E-state index is 0.145. The van der Waals surface area contributed by atoms with E-state index in [-0.39, 0.29) is 11.7 Å². The molecule has 0 aromatic carbocycles. The van der Waals surface area contributed by atoms with E-state index < -0.39 is 0 Å². The van der Waals surface area contributed by atoms with Crippen molar-refractivity contribution in [1.29, 1.82) is 0 Å². The van der Waals surface area contributed by atoms with Crippen LogP contribution in [0, 0.1) is 5.92 Å². The van der Waals surface area contributed by atoms with E-state index in [1.165, 1.54) is 12.8 Å². The van der Waals surface area contributed by atoms with Crippen LogP contribution < -0.4 is 11.1 Å². The second-order valence-electron chi connectivity index (χ2n) is 3.74. The number of nitrogen functional groups attached to an aromatic ring is 1. The lowest BCUT2D eigenvalue weighted by Gasteiger charge is -2.06. The maximum Gasteiger partial charge on any atom is 0.255 e. The second kappa shape index (κ2) is 4.18. The van der Waals surface area contributed by atoms with Crippen molar-refractivity contribution in [3.63, 3.8) is 0 Å². The molecule has 1 amide bonds. The molecule has 3 N–H and O–H groups in total. The number of pyridine rings is 1. The Labute approximate surface area is 96.4 Å². The van der Waals surface area contributed by atoms with E-state index in [0.29, 0.717) is 11.5 Å². The van der Waals surface area contributed by atoms with Gasteiger partial charge in [-0.05, 0) is 40.8 Å². The van der Waals surface area contributed by atoms with Gasteiger partial charge < -0.3 is 11.1 Å². The Morgan fingerprint density at radius 1 is 1.67 bits per heavy atom. The molecule has 2 rings (SSSR count). The highest BCUT2D eigenvalue weighted by molar-refractivity contribution is 9.10. The number of carbonyl (C=O) groups excluding carboxylic acids is 1. The van der Waals surface area contributed by atoms with Gasteiger partial charge in [0.15, 0.2) is 0 Å². The minimum atomic E-state index is -0.145. The molecule has 5 heteroatoms. The molecule has 1 saturated carbocycles. The van der Waals surface area contributed by atoms with Crippen LogP contribution >= 0.6 is 15.9 Å². The van der Waals surface area contributed by atoms with Gasteiger partial charge >= 0.3 is 0 Å². The molecule has 0 aliphatic heterocycles. The first kappa shape index (κ1) is 10.4. The van der Waals surface area contributed by atoms with Crippen LogP contribution in [0.1, 0.15) is 23.2 Å². The lowest BCUT2D eigenvalue weighted by molar-refractivity contribution is 0.0952. The molecule has 0 atom stereocenters. The molecule has 0 radical (unpaired) electrons. The van der Waals surface area contributed by atoms with E-state index in [2.05, 4.69) is 26.2 Å². The van der Waals surface area contributed by atoms with Crippen molar-refractivity contribution in [2.45, 2.75) is 12.8 Å². The standard InChI is InChI=1S/C10H12BrN3O/c11-7-3-8(9(12)13-5-7)10(15)14-4-6-1-2-6/h3,5-6H,1-2,4H2,(H2,12,13)(H,14,15). The minimum Gasteiger partial charge on any atom is -0.383 e. The van der Waals surface area contributed by atoms with Gasteiger partial charge in [0, 0.05) is 17.2 Å². The van der Waals surface area contributed by atoms with Crippen LogP contribution in [-0.4, -0.2) is 17.4 Å². The summed E-state index contributed by atoms with van der Waals surface area (Å²) in [5.41, 5.74) is 6.05. The van der Waals surface area contributed by atoms with Crippen molar-refractivity contribution in [2.24, 2.45) is 5.92 Å². The summed E-state index contributed by atoms with van der Waals surface area (Å²) in [6.07, 6.45) is 4.01. The van der Waals surface area contributed by atoms with Crippen LogP contribution in [0.4, 0.5) is 5.82 Å². The van der Waals surface area contributed by atoms with E-state index in [4.69, 9.17) is 5.73 Å². The van der Waals surface area contributed by atoms with Crippen molar-refractivity contribution in [3.05, 3.63) is 22.3 Å². The third-order valence-corrected chi connectivity index (χ3v) is 2.81. The quantitative estimate of drug-likeness (QED) is 0.875. The first-order valence-electron chi connectivity index (χ1n) is 4.86. The molecule has 0 bridgehead atoms. The number of aromatic nitrogens is 1. The Morgan fingerprint density at radius 2 is 2.40 bits per heavy atom. The molecular weight excluding hydrogens is 258 g/mol. The zero-order chi connectivity index (χ0) is 10.8. The largest absolute Gasteiger partial charge is 0.383 e. The highest BCUT2D eigenvalue weighted by atomic mass is 79.9. The van der Waals surface area contributed by atoms with Gasteiger partial charge in [0.1, 0.15) is 5.82 Å². The molecule has 1 aliphatic rings. The van der Waals surface area contributed by atoms with Crippen LogP contribution in [0.15, 0.2) is 16.7 Å². The number of nitrogens with zero attached hydrogens (tertiary/aromatic N) is 1. The van der Waals surface area contributed by atoms with E-state index in [9.17, 15) is 4.79 Å². The van der Waals surface area contributed by atoms with Gasteiger partial charge in [0.05, 0.1) is 5.56 Å². The molecular formula is C10H12BrN3O. The maximum atomic E-state index is 11.7. The number of anilines is 1. The zero-order valence-corrected chi connectivity index (χ0v) is 9.75. The van der Waals surface area contributed by atoms with Gasteiger partial charge in [-0.3, -0.25) is 4.79 Å². The number of rotatable bonds is 3. The van der Waals surface area contributed by atoms with Crippen molar-refractivity contribution in [3.8, 4) is 0 Å². The number of hydrogen-bond donors (Lipinski definition) is 2. The number of amides is 1. The third-order valence-electron chi connectivity index (χ3n) is 2.38. The van der Waals surface area contributed by atoms with Gasteiger partial charge in [-0.1, -0.05) is 0 Å². The number of nitrogens with one attached hydrogen (secondary N) is 1. The van der Waals surface area contributed by atoms with Crippen LogP contribution in [0.2, 0.25) is 0 Å². The average Bonchev–Trinajstić information content (AvgIpc) is 3.02. The highest BCUT2D eigenvalue weighted by Gasteiger charge is 2.22. The number of halogens is 1. The molecule has 1 aromatic heterocycles. The molecule has 4 nitrogen and oxygen atoms in total. The molecule has 1 fully saturated rings. The Morgan fingerprint density at radius 3 is 3.07 bits per heavy atom. The molecule has 0 unspecified atom stereocenters. The monoisotopic (exact) mass is 269 g/mol. The van der Waals surface area contributed by atoms with Gasteiger partial charge in [-0.25, -0.2) is 4.98 Å². The van der Waals surface area contributed by atoms with Gasteiger partial charge in [-0.2, -0.15) is 0 Å². The summed E-state index contributed by atoms with van der Waals surface area (Å²) in [6, 6.07) is 1.69. The second-order valence-corrected chi connectivity index (χ2v) is 4.66. The fraction of sp³-hybridized carbons (Fsp3) is 0.400. The lowest BCUT2D eigenvalue weighted by atomic mass is 10.2. The summed E-state index contributed by atoms with van der Waals surface area (Å²) in [6.45, 7) is 0.741. The summed E-state index contributed by atoms with van der Waals surface area (Å²) in [5.74, 6) is 0.787. The van der Waals surface area contributed by atoms with E-state index in [0.717, 1.165) is 11.0 Å². The van der Waals surface area contributed by atoms with E-state index in [1.54, 1.807) is 12.3 Å². The molecule has 80 valence electrons. The zero-order valence-electron chi connectivity index (χ0n) is 8.16. The topological polar surface area (TPSA) is 68.0 Å². The highest BCUT2D eigenvalue weighted by Crippen LogP contribution is 2.27. The van der Waals surface area contributed by atoms with Crippen molar-refractivity contribution in [2.75, 3.05) is 12.3 Å². The fourth-order valence-electron chi connectivity index (χ4n) is 1.29. The summed E-state index contributed by atoms with van der Waals surface area (Å²) in [4.78, 5) is 15.6. The number of hydrogen-bond acceptors (Lipinski definition) is 3. The molecule has 0 saturated heterocycles. The van der Waals surface area contributed by atoms with Crippen molar-refractivity contribution < 1.29 is 4.79 Å². The van der Waals surface area contributed by atoms with Gasteiger partial charge in [0.2, 0.25) is 0 Å². The molecule has 1 aliphatic carbocycles. The van der Waals surface area contributed by atoms with E-state index >= 15 is 0 Å². The fourth-order valence-corrected chi connectivity index (χ4v) is 1.62. The maximum absolute atomic E-state index is 11.7. The average molecular weight is 270 g/mol. The SMILES string of the molecule is Nc1ncc(Br)cc1C(=O)NCC1CC1. The van der Waals surface area contributed by atoms with Crippen molar-refractivity contribution >= 4 is 27.7 Å². The Kier molecular flexibility index (Phi) is 2.90. The molecule has 0 spiro atoms.